The van der Waals surface area contributed by atoms with Crippen molar-refractivity contribution in [3.05, 3.63) is 68.4 Å². The van der Waals surface area contributed by atoms with Crippen molar-refractivity contribution in [2.45, 2.75) is 37.8 Å². The van der Waals surface area contributed by atoms with Gasteiger partial charge in [-0.3, -0.25) is 24.7 Å². The van der Waals surface area contributed by atoms with Gasteiger partial charge in [0.05, 0.1) is 16.1 Å². The van der Waals surface area contributed by atoms with Crippen LogP contribution in [-0.2, 0) is 0 Å². The fraction of sp³-hybridized carbons (Fsp3) is 0.292. The molecule has 182 valence electrons. The van der Waals surface area contributed by atoms with Crippen LogP contribution in [0.4, 0.5) is 11.4 Å². The van der Waals surface area contributed by atoms with Crippen LogP contribution in [-0.4, -0.2) is 46.0 Å². The largest absolute Gasteiger partial charge is 0.507 e. The molecular weight excluding hydrogens is 518 g/mol. The standard InChI is InChI=1S/C24H24BrN5O5/c1-26-23(32)15-9-14(25)10-19(30(34)35)22(15)28-17-6-2-3-7-18(17)29-24(33)16-12-27-11-13-5-4-8-20(31)21(13)16/h4-5,8-12,17-18,28,31H,2-3,6-7H2,1H3,(H,26,32)(H,29,33)/t17-,18+/m1/s1. The van der Waals surface area contributed by atoms with E-state index in [2.05, 4.69) is 36.9 Å². The first kappa shape index (κ1) is 24.4. The van der Waals surface area contributed by atoms with Gasteiger partial charge in [-0.15, -0.1) is 0 Å². The molecule has 0 saturated heterocycles. The molecule has 1 fully saturated rings. The topological polar surface area (TPSA) is 146 Å². The van der Waals surface area contributed by atoms with Gasteiger partial charge in [0, 0.05) is 52.8 Å². The minimum absolute atomic E-state index is 0.0194. The first-order chi connectivity index (χ1) is 16.8. The fourth-order valence-electron chi connectivity index (χ4n) is 4.50. The van der Waals surface area contributed by atoms with Crippen LogP contribution in [0.1, 0.15) is 46.4 Å². The van der Waals surface area contributed by atoms with E-state index in [-0.39, 0.29) is 40.3 Å². The van der Waals surface area contributed by atoms with Gasteiger partial charge in [-0.1, -0.05) is 40.9 Å². The number of aromatic hydroxyl groups is 1. The second kappa shape index (κ2) is 10.3. The molecule has 1 aliphatic carbocycles. The number of carbonyl (C=O) groups is 2. The van der Waals surface area contributed by atoms with Gasteiger partial charge in [0.2, 0.25) is 0 Å². The predicted octanol–water partition coefficient (Wildman–Crippen LogP) is 4.12. The molecular formula is C24H24BrN5O5. The molecule has 35 heavy (non-hydrogen) atoms. The quantitative estimate of drug-likeness (QED) is 0.271. The molecule has 2 amide bonds. The van der Waals surface area contributed by atoms with Crippen molar-refractivity contribution in [1.29, 1.82) is 0 Å². The Morgan fingerprint density at radius 3 is 2.57 bits per heavy atom. The summed E-state index contributed by atoms with van der Waals surface area (Å²) in [6, 6.07) is 7.10. The third kappa shape index (κ3) is 5.04. The predicted molar refractivity (Wildman–Crippen MR) is 135 cm³/mol. The van der Waals surface area contributed by atoms with E-state index in [1.165, 1.54) is 31.4 Å². The average molecular weight is 542 g/mol. The molecule has 1 saturated carbocycles. The molecule has 4 N–H and O–H groups in total. The van der Waals surface area contributed by atoms with Crippen LogP contribution < -0.4 is 16.0 Å². The number of phenols is 1. The number of benzene rings is 2. The Bertz CT molecular complexity index is 1310. The summed E-state index contributed by atoms with van der Waals surface area (Å²) in [6.45, 7) is 0. The summed E-state index contributed by atoms with van der Waals surface area (Å²) in [4.78, 5) is 41.1. The number of carbonyl (C=O) groups excluding carboxylic acids is 2. The summed E-state index contributed by atoms with van der Waals surface area (Å²) in [6.07, 6.45) is 6.00. The number of fused-ring (bicyclic) bond motifs is 1. The number of amides is 2. The van der Waals surface area contributed by atoms with Crippen molar-refractivity contribution < 1.29 is 19.6 Å². The maximum Gasteiger partial charge on any atom is 0.294 e. The third-order valence-corrected chi connectivity index (χ3v) is 6.63. The van der Waals surface area contributed by atoms with Crippen LogP contribution >= 0.6 is 15.9 Å². The number of halogens is 1. The van der Waals surface area contributed by atoms with E-state index in [9.17, 15) is 24.8 Å². The highest BCUT2D eigenvalue weighted by molar-refractivity contribution is 9.10. The molecule has 0 aliphatic heterocycles. The fourth-order valence-corrected chi connectivity index (χ4v) is 4.94. The molecule has 1 aliphatic rings. The van der Waals surface area contributed by atoms with Crippen LogP contribution in [0.3, 0.4) is 0 Å². The Hall–Kier alpha value is -3.73. The number of nitro groups is 1. The number of nitrogens with one attached hydrogen (secondary N) is 3. The van der Waals surface area contributed by atoms with E-state index < -0.39 is 16.7 Å². The van der Waals surface area contributed by atoms with E-state index >= 15 is 0 Å². The van der Waals surface area contributed by atoms with Crippen LogP contribution in [0.15, 0.2) is 47.2 Å². The molecule has 0 unspecified atom stereocenters. The summed E-state index contributed by atoms with van der Waals surface area (Å²) < 4.78 is 0.408. The summed E-state index contributed by atoms with van der Waals surface area (Å²) in [7, 11) is 1.45. The number of rotatable bonds is 6. The maximum absolute atomic E-state index is 13.2. The van der Waals surface area contributed by atoms with Crippen LogP contribution in [0.25, 0.3) is 10.8 Å². The van der Waals surface area contributed by atoms with Crippen molar-refractivity contribution in [3.8, 4) is 5.75 Å². The number of nitro benzene ring substituents is 1. The Morgan fingerprint density at radius 2 is 1.86 bits per heavy atom. The Labute approximate surface area is 209 Å². The zero-order valence-corrected chi connectivity index (χ0v) is 20.5. The van der Waals surface area contributed by atoms with E-state index in [0.29, 0.717) is 28.1 Å². The highest BCUT2D eigenvalue weighted by atomic mass is 79.9. The summed E-state index contributed by atoms with van der Waals surface area (Å²) in [5.41, 5.74) is 0.239. The van der Waals surface area contributed by atoms with Crippen molar-refractivity contribution in [2.24, 2.45) is 0 Å². The number of hydrogen-bond acceptors (Lipinski definition) is 7. The maximum atomic E-state index is 13.2. The molecule has 2 aromatic carbocycles. The van der Waals surface area contributed by atoms with E-state index in [0.717, 1.165) is 12.8 Å². The number of pyridine rings is 1. The lowest BCUT2D eigenvalue weighted by Crippen LogP contribution is -2.48. The van der Waals surface area contributed by atoms with Gasteiger partial charge in [0.15, 0.2) is 0 Å². The minimum Gasteiger partial charge on any atom is -0.507 e. The first-order valence-corrected chi connectivity index (χ1v) is 11.9. The lowest BCUT2D eigenvalue weighted by atomic mass is 9.89. The van der Waals surface area contributed by atoms with Crippen LogP contribution in [0, 0.1) is 10.1 Å². The van der Waals surface area contributed by atoms with Gasteiger partial charge in [0.1, 0.15) is 11.4 Å². The van der Waals surface area contributed by atoms with Crippen molar-refractivity contribution in [2.75, 3.05) is 12.4 Å². The number of anilines is 1. The highest BCUT2D eigenvalue weighted by Crippen LogP contribution is 2.35. The summed E-state index contributed by atoms with van der Waals surface area (Å²) in [5, 5.41) is 31.9. The highest BCUT2D eigenvalue weighted by Gasteiger charge is 2.31. The Balaban J connectivity index is 1.66. The summed E-state index contributed by atoms with van der Waals surface area (Å²) in [5.74, 6) is -0.889. The summed E-state index contributed by atoms with van der Waals surface area (Å²) >= 11 is 3.24. The van der Waals surface area contributed by atoms with Gasteiger partial charge in [-0.2, -0.15) is 0 Å². The van der Waals surface area contributed by atoms with Crippen molar-refractivity contribution in [3.63, 3.8) is 0 Å². The zero-order valence-electron chi connectivity index (χ0n) is 18.9. The second-order valence-electron chi connectivity index (χ2n) is 8.36. The molecule has 0 spiro atoms. The van der Waals surface area contributed by atoms with Crippen molar-refractivity contribution >= 4 is 49.9 Å². The lowest BCUT2D eigenvalue weighted by Gasteiger charge is -2.34. The number of phenolic OH excluding ortho intramolecular Hbond substituents is 1. The normalized spacial score (nSPS) is 17.5. The minimum atomic E-state index is -0.541. The molecule has 0 bridgehead atoms. The van der Waals surface area contributed by atoms with Gasteiger partial charge >= 0.3 is 0 Å². The second-order valence-corrected chi connectivity index (χ2v) is 9.28. The molecule has 2 atom stereocenters. The monoisotopic (exact) mass is 541 g/mol. The van der Waals surface area contributed by atoms with Gasteiger partial charge in [-0.05, 0) is 25.0 Å². The smallest absolute Gasteiger partial charge is 0.294 e. The van der Waals surface area contributed by atoms with Crippen LogP contribution in [0.5, 0.6) is 5.75 Å². The molecule has 1 aromatic heterocycles. The lowest BCUT2D eigenvalue weighted by molar-refractivity contribution is -0.384. The Morgan fingerprint density at radius 1 is 1.11 bits per heavy atom. The molecule has 0 radical (unpaired) electrons. The average Bonchev–Trinajstić information content (AvgIpc) is 2.85. The SMILES string of the molecule is CNC(=O)c1cc(Br)cc([N+](=O)[O-])c1N[C@@H]1CCCC[C@@H]1NC(=O)c1cncc2cccc(O)c12. The van der Waals surface area contributed by atoms with E-state index in [1.807, 2.05) is 0 Å². The number of hydrogen-bond donors (Lipinski definition) is 4. The molecule has 3 aromatic rings. The third-order valence-electron chi connectivity index (χ3n) is 6.17. The molecule has 10 nitrogen and oxygen atoms in total. The van der Waals surface area contributed by atoms with E-state index in [4.69, 9.17) is 0 Å². The van der Waals surface area contributed by atoms with Gasteiger partial charge in [0.25, 0.3) is 17.5 Å². The molecule has 11 heteroatoms. The van der Waals surface area contributed by atoms with Gasteiger partial charge < -0.3 is 21.1 Å². The number of nitrogens with zero attached hydrogens (tertiary/aromatic N) is 2. The number of aromatic nitrogens is 1. The van der Waals surface area contributed by atoms with Crippen molar-refractivity contribution in [1.82, 2.24) is 15.6 Å². The van der Waals surface area contributed by atoms with Gasteiger partial charge in [-0.25, -0.2) is 0 Å². The molecule has 4 rings (SSSR count). The van der Waals surface area contributed by atoms with E-state index in [1.54, 1.807) is 18.3 Å². The first-order valence-electron chi connectivity index (χ1n) is 11.1. The Kier molecular flexibility index (Phi) is 7.15. The van der Waals surface area contributed by atoms with Crippen LogP contribution in [0.2, 0.25) is 0 Å². The zero-order chi connectivity index (χ0) is 25.1. The molecule has 1 heterocycles.